The van der Waals surface area contributed by atoms with Gasteiger partial charge in [0.25, 0.3) is 5.56 Å². The zero-order chi connectivity index (χ0) is 14.5. The van der Waals surface area contributed by atoms with Crippen molar-refractivity contribution in [3.8, 4) is 0 Å². The molecule has 1 aromatic rings. The van der Waals surface area contributed by atoms with Gasteiger partial charge in [-0.2, -0.15) is 0 Å². The van der Waals surface area contributed by atoms with Crippen molar-refractivity contribution in [1.82, 2.24) is 4.57 Å². The van der Waals surface area contributed by atoms with Gasteiger partial charge in [-0.1, -0.05) is 13.8 Å². The molecule has 0 fully saturated rings. The molecule has 0 amide bonds. The lowest BCUT2D eigenvalue weighted by Gasteiger charge is -2.20. The number of rotatable bonds is 6. The minimum absolute atomic E-state index is 0.0362. The molecular weight excluding hydrogens is 254 g/mol. The molecule has 1 heterocycles. The lowest BCUT2D eigenvalue weighted by Crippen LogP contribution is -2.29. The van der Waals surface area contributed by atoms with Gasteiger partial charge in [0.15, 0.2) is 5.78 Å². The van der Waals surface area contributed by atoms with Crippen LogP contribution in [0.15, 0.2) is 16.9 Å². The molecule has 0 unspecified atom stereocenters. The molecular formula is C16H23NO3. The van der Waals surface area contributed by atoms with Gasteiger partial charge in [-0.15, -0.1) is 0 Å². The van der Waals surface area contributed by atoms with Crippen LogP contribution in [-0.4, -0.2) is 23.6 Å². The maximum Gasteiger partial charge on any atom is 0.250 e. The minimum Gasteiger partial charge on any atom is -0.380 e. The van der Waals surface area contributed by atoms with Crippen molar-refractivity contribution in [2.75, 3.05) is 13.2 Å². The first-order chi connectivity index (χ1) is 9.59. The summed E-state index contributed by atoms with van der Waals surface area (Å²) in [5, 5.41) is 0. The molecule has 4 heteroatoms. The smallest absolute Gasteiger partial charge is 0.250 e. The first-order valence-corrected chi connectivity index (χ1v) is 7.43. The molecule has 1 aliphatic rings. The SMILES string of the molecule is CC(C)CCOCCn1c2c(ccc1=O)C(=O)CCC2. The first kappa shape index (κ1) is 15.0. The van der Waals surface area contributed by atoms with E-state index in [-0.39, 0.29) is 11.3 Å². The van der Waals surface area contributed by atoms with Crippen molar-refractivity contribution in [1.29, 1.82) is 0 Å². The Hall–Kier alpha value is -1.42. The van der Waals surface area contributed by atoms with E-state index < -0.39 is 0 Å². The van der Waals surface area contributed by atoms with E-state index in [0.717, 1.165) is 37.1 Å². The molecule has 4 nitrogen and oxygen atoms in total. The molecule has 0 bridgehead atoms. The van der Waals surface area contributed by atoms with Gasteiger partial charge in [0, 0.05) is 36.9 Å². The second-order valence-corrected chi connectivity index (χ2v) is 5.76. The maximum absolute atomic E-state index is 12.0. The largest absolute Gasteiger partial charge is 0.380 e. The third kappa shape index (κ3) is 3.57. The number of ketones is 1. The van der Waals surface area contributed by atoms with Gasteiger partial charge >= 0.3 is 0 Å². The zero-order valence-corrected chi connectivity index (χ0v) is 12.4. The van der Waals surface area contributed by atoms with Crippen LogP contribution in [0.25, 0.3) is 0 Å². The second kappa shape index (κ2) is 6.84. The van der Waals surface area contributed by atoms with Gasteiger partial charge in [0.2, 0.25) is 0 Å². The van der Waals surface area contributed by atoms with E-state index in [1.807, 2.05) is 0 Å². The summed E-state index contributed by atoms with van der Waals surface area (Å²) >= 11 is 0. The van der Waals surface area contributed by atoms with Crippen molar-refractivity contribution >= 4 is 5.78 Å². The van der Waals surface area contributed by atoms with Gasteiger partial charge in [-0.3, -0.25) is 9.59 Å². The van der Waals surface area contributed by atoms with Crippen molar-refractivity contribution in [2.24, 2.45) is 5.92 Å². The molecule has 0 aromatic carbocycles. The molecule has 0 aliphatic heterocycles. The van der Waals surface area contributed by atoms with Crippen LogP contribution in [0.3, 0.4) is 0 Å². The average Bonchev–Trinajstić information content (AvgIpc) is 2.40. The molecule has 0 spiro atoms. The molecule has 0 atom stereocenters. The number of carbonyl (C=O) groups is 1. The van der Waals surface area contributed by atoms with Crippen LogP contribution >= 0.6 is 0 Å². The molecule has 2 rings (SSSR count). The van der Waals surface area contributed by atoms with Gasteiger partial charge in [-0.25, -0.2) is 0 Å². The standard InChI is InChI=1S/C16H23NO3/c1-12(2)8-10-20-11-9-17-14-4-3-5-15(18)13(14)6-7-16(17)19/h6-7,12H,3-5,8-11H2,1-2H3. The predicted molar refractivity (Wildman–Crippen MR) is 78.2 cm³/mol. The zero-order valence-electron chi connectivity index (χ0n) is 12.4. The Kier molecular flexibility index (Phi) is 5.12. The summed E-state index contributed by atoms with van der Waals surface area (Å²) in [4.78, 5) is 23.8. The summed E-state index contributed by atoms with van der Waals surface area (Å²) < 4.78 is 7.29. The monoisotopic (exact) mass is 277 g/mol. The first-order valence-electron chi connectivity index (χ1n) is 7.43. The highest BCUT2D eigenvalue weighted by Gasteiger charge is 2.20. The lowest BCUT2D eigenvalue weighted by atomic mass is 9.94. The van der Waals surface area contributed by atoms with E-state index in [0.29, 0.717) is 25.5 Å². The Balaban J connectivity index is 2.02. The molecule has 0 N–H and O–H groups in total. The third-order valence-corrected chi connectivity index (χ3v) is 3.71. The normalized spacial score (nSPS) is 14.7. The van der Waals surface area contributed by atoms with Crippen LogP contribution in [0.5, 0.6) is 0 Å². The molecule has 110 valence electrons. The summed E-state index contributed by atoms with van der Waals surface area (Å²) in [6.07, 6.45) is 3.27. The van der Waals surface area contributed by atoms with E-state index in [4.69, 9.17) is 4.74 Å². The van der Waals surface area contributed by atoms with Crippen LogP contribution in [0.2, 0.25) is 0 Å². The summed E-state index contributed by atoms with van der Waals surface area (Å²) in [7, 11) is 0. The number of hydrogen-bond donors (Lipinski definition) is 0. The highest BCUT2D eigenvalue weighted by molar-refractivity contribution is 5.97. The number of aromatic nitrogens is 1. The molecule has 0 radical (unpaired) electrons. The molecule has 20 heavy (non-hydrogen) atoms. The van der Waals surface area contributed by atoms with Gasteiger partial charge in [0.1, 0.15) is 0 Å². The molecule has 1 aliphatic carbocycles. The second-order valence-electron chi connectivity index (χ2n) is 5.76. The number of fused-ring (bicyclic) bond motifs is 1. The quantitative estimate of drug-likeness (QED) is 0.750. The fraction of sp³-hybridized carbons (Fsp3) is 0.625. The summed E-state index contributed by atoms with van der Waals surface area (Å²) in [5.41, 5.74) is 1.57. The Labute approximate surface area is 119 Å². The van der Waals surface area contributed by atoms with Crippen molar-refractivity contribution in [3.05, 3.63) is 33.7 Å². The van der Waals surface area contributed by atoms with Gasteiger partial charge in [0.05, 0.1) is 6.61 Å². The van der Waals surface area contributed by atoms with Crippen LogP contribution in [0.1, 0.15) is 49.2 Å². The maximum atomic E-state index is 12.0. The topological polar surface area (TPSA) is 48.3 Å². The number of nitrogens with zero attached hydrogens (tertiary/aromatic N) is 1. The van der Waals surface area contributed by atoms with Gasteiger partial charge < -0.3 is 9.30 Å². The number of Topliss-reactive ketones (excluding diaryl/α,β-unsaturated/α-hetero) is 1. The lowest BCUT2D eigenvalue weighted by molar-refractivity contribution is 0.0965. The van der Waals surface area contributed by atoms with E-state index in [9.17, 15) is 9.59 Å². The fourth-order valence-electron chi connectivity index (χ4n) is 2.52. The highest BCUT2D eigenvalue weighted by atomic mass is 16.5. The van der Waals surface area contributed by atoms with Crippen LogP contribution < -0.4 is 5.56 Å². The predicted octanol–water partition coefficient (Wildman–Crippen LogP) is 2.43. The average molecular weight is 277 g/mol. The highest BCUT2D eigenvalue weighted by Crippen LogP contribution is 2.19. The summed E-state index contributed by atoms with van der Waals surface area (Å²) in [6.45, 7) is 6.10. The van der Waals surface area contributed by atoms with Crippen molar-refractivity contribution in [2.45, 2.75) is 46.1 Å². The van der Waals surface area contributed by atoms with Crippen molar-refractivity contribution < 1.29 is 9.53 Å². The molecule has 0 saturated carbocycles. The van der Waals surface area contributed by atoms with Crippen LogP contribution in [0.4, 0.5) is 0 Å². The molecule has 1 aromatic heterocycles. The molecule has 0 saturated heterocycles. The number of pyridine rings is 1. The van der Waals surface area contributed by atoms with Crippen LogP contribution in [-0.2, 0) is 17.7 Å². The Morgan fingerprint density at radius 1 is 1.20 bits per heavy atom. The third-order valence-electron chi connectivity index (χ3n) is 3.71. The Morgan fingerprint density at radius 3 is 2.75 bits per heavy atom. The van der Waals surface area contributed by atoms with Crippen molar-refractivity contribution in [3.63, 3.8) is 0 Å². The van der Waals surface area contributed by atoms with E-state index in [1.165, 1.54) is 6.07 Å². The van der Waals surface area contributed by atoms with Crippen LogP contribution in [0, 0.1) is 5.92 Å². The fourth-order valence-corrected chi connectivity index (χ4v) is 2.52. The number of ether oxygens (including phenoxy) is 1. The Morgan fingerprint density at radius 2 is 2.00 bits per heavy atom. The summed E-state index contributed by atoms with van der Waals surface area (Å²) in [5.74, 6) is 0.778. The minimum atomic E-state index is -0.0362. The van der Waals surface area contributed by atoms with E-state index in [2.05, 4.69) is 13.8 Å². The Bertz CT molecular complexity index is 531. The summed E-state index contributed by atoms with van der Waals surface area (Å²) in [6, 6.07) is 3.17. The number of hydrogen-bond acceptors (Lipinski definition) is 3. The van der Waals surface area contributed by atoms with E-state index in [1.54, 1.807) is 10.6 Å². The number of carbonyl (C=O) groups excluding carboxylic acids is 1. The van der Waals surface area contributed by atoms with Gasteiger partial charge in [-0.05, 0) is 31.2 Å². The van der Waals surface area contributed by atoms with E-state index >= 15 is 0 Å².